The minimum atomic E-state index is 0.128. The largest absolute Gasteiger partial charge is 0.497 e. The van der Waals surface area contributed by atoms with E-state index in [1.165, 1.54) is 0 Å². The summed E-state index contributed by atoms with van der Waals surface area (Å²) in [5.41, 5.74) is 1.14. The number of hydrogen-bond acceptors (Lipinski definition) is 4. The minimum Gasteiger partial charge on any atom is -0.497 e. The van der Waals surface area contributed by atoms with Crippen molar-refractivity contribution >= 4 is 0 Å². The topological polar surface area (TPSA) is 39.7 Å². The molecule has 1 aromatic rings. The zero-order valence-corrected chi connectivity index (χ0v) is 11.9. The molecule has 0 radical (unpaired) electrons. The molecule has 0 amide bonds. The van der Waals surface area contributed by atoms with E-state index < -0.39 is 0 Å². The lowest BCUT2D eigenvalue weighted by Gasteiger charge is -2.20. The van der Waals surface area contributed by atoms with E-state index in [-0.39, 0.29) is 6.10 Å². The Balaban J connectivity index is 2.19. The summed E-state index contributed by atoms with van der Waals surface area (Å²) in [5.74, 6) is 2.14. The Morgan fingerprint density at radius 3 is 2.47 bits per heavy atom. The Morgan fingerprint density at radius 2 is 1.89 bits per heavy atom. The van der Waals surface area contributed by atoms with Gasteiger partial charge in [-0.1, -0.05) is 6.92 Å². The van der Waals surface area contributed by atoms with Crippen LogP contribution in [0.2, 0.25) is 0 Å². The second kappa shape index (κ2) is 6.78. The van der Waals surface area contributed by atoms with Gasteiger partial charge in [0.2, 0.25) is 0 Å². The number of methoxy groups -OCH3 is 2. The Hall–Kier alpha value is -1.26. The van der Waals surface area contributed by atoms with Crippen LogP contribution in [0.25, 0.3) is 0 Å². The lowest BCUT2D eigenvalue weighted by molar-refractivity contribution is 0.0902. The van der Waals surface area contributed by atoms with Gasteiger partial charge in [-0.3, -0.25) is 0 Å². The standard InChI is InChI=1S/C15H23NO3/c1-4-16-10-11-5-6-19-15(11)12-7-13(17-2)9-14(8-12)18-3/h7-9,11,15-16H,4-6,10H2,1-3H3. The molecule has 0 aliphatic carbocycles. The summed E-state index contributed by atoms with van der Waals surface area (Å²) < 4.78 is 16.5. The molecule has 0 aromatic heterocycles. The molecule has 19 heavy (non-hydrogen) atoms. The third kappa shape index (κ3) is 3.39. The average molecular weight is 265 g/mol. The van der Waals surface area contributed by atoms with Gasteiger partial charge in [0.15, 0.2) is 0 Å². The van der Waals surface area contributed by atoms with Crippen LogP contribution in [0.1, 0.15) is 25.0 Å². The summed E-state index contributed by atoms with van der Waals surface area (Å²) in [5, 5.41) is 3.40. The Bertz CT molecular complexity index is 386. The van der Waals surface area contributed by atoms with Crippen LogP contribution in [0.3, 0.4) is 0 Å². The summed E-state index contributed by atoms with van der Waals surface area (Å²) in [4.78, 5) is 0. The van der Waals surface area contributed by atoms with Gasteiger partial charge in [-0.05, 0) is 30.7 Å². The summed E-state index contributed by atoms with van der Waals surface area (Å²) >= 11 is 0. The molecule has 0 spiro atoms. The monoisotopic (exact) mass is 265 g/mol. The van der Waals surface area contributed by atoms with Crippen molar-refractivity contribution in [2.45, 2.75) is 19.4 Å². The lowest BCUT2D eigenvalue weighted by atomic mass is 9.95. The molecule has 1 N–H and O–H groups in total. The fourth-order valence-electron chi connectivity index (χ4n) is 2.53. The van der Waals surface area contributed by atoms with Crippen LogP contribution >= 0.6 is 0 Å². The normalized spacial score (nSPS) is 22.5. The molecule has 1 heterocycles. The summed E-state index contributed by atoms with van der Waals surface area (Å²) in [7, 11) is 3.34. The van der Waals surface area contributed by atoms with Gasteiger partial charge in [0.25, 0.3) is 0 Å². The molecule has 4 heteroatoms. The highest BCUT2D eigenvalue weighted by atomic mass is 16.5. The molecule has 1 fully saturated rings. The van der Waals surface area contributed by atoms with Crippen molar-refractivity contribution < 1.29 is 14.2 Å². The van der Waals surface area contributed by atoms with E-state index >= 15 is 0 Å². The van der Waals surface area contributed by atoms with Crippen molar-refractivity contribution in [1.29, 1.82) is 0 Å². The van der Waals surface area contributed by atoms with Crippen LogP contribution in [0.15, 0.2) is 18.2 Å². The van der Waals surface area contributed by atoms with E-state index in [0.717, 1.165) is 43.2 Å². The Kier molecular flexibility index (Phi) is 5.05. The van der Waals surface area contributed by atoms with Crippen LogP contribution in [-0.2, 0) is 4.74 Å². The highest BCUT2D eigenvalue weighted by Crippen LogP contribution is 2.37. The molecule has 0 bridgehead atoms. The highest BCUT2D eigenvalue weighted by Gasteiger charge is 2.29. The minimum absolute atomic E-state index is 0.128. The summed E-state index contributed by atoms with van der Waals surface area (Å²) in [6, 6.07) is 5.96. The first-order valence-corrected chi connectivity index (χ1v) is 6.83. The molecule has 1 aliphatic rings. The van der Waals surface area contributed by atoms with E-state index in [9.17, 15) is 0 Å². The molecule has 2 rings (SSSR count). The molecule has 1 aromatic carbocycles. The van der Waals surface area contributed by atoms with E-state index in [0.29, 0.717) is 5.92 Å². The number of rotatable bonds is 6. The number of benzene rings is 1. The third-order valence-corrected chi connectivity index (χ3v) is 3.57. The lowest BCUT2D eigenvalue weighted by Crippen LogP contribution is -2.24. The summed E-state index contributed by atoms with van der Waals surface area (Å²) in [6.45, 7) is 4.92. The SMILES string of the molecule is CCNCC1CCOC1c1cc(OC)cc(OC)c1. The Morgan fingerprint density at radius 1 is 1.21 bits per heavy atom. The number of ether oxygens (including phenoxy) is 3. The predicted octanol–water partition coefficient (Wildman–Crippen LogP) is 2.39. The fraction of sp³-hybridized carbons (Fsp3) is 0.600. The van der Waals surface area contributed by atoms with Crippen molar-refractivity contribution in [2.24, 2.45) is 5.92 Å². The van der Waals surface area contributed by atoms with Crippen LogP contribution in [-0.4, -0.2) is 33.9 Å². The van der Waals surface area contributed by atoms with E-state index in [1.807, 2.05) is 18.2 Å². The molecule has 1 saturated heterocycles. The second-order valence-electron chi connectivity index (χ2n) is 4.79. The second-order valence-corrected chi connectivity index (χ2v) is 4.79. The van der Waals surface area contributed by atoms with Crippen LogP contribution in [0, 0.1) is 5.92 Å². The maximum Gasteiger partial charge on any atom is 0.122 e. The van der Waals surface area contributed by atoms with E-state index in [4.69, 9.17) is 14.2 Å². The maximum absolute atomic E-state index is 5.90. The summed E-state index contributed by atoms with van der Waals surface area (Å²) in [6.07, 6.45) is 1.22. The molecule has 106 valence electrons. The van der Waals surface area contributed by atoms with Gasteiger partial charge in [-0.25, -0.2) is 0 Å². The van der Waals surface area contributed by atoms with Gasteiger partial charge in [0, 0.05) is 25.1 Å². The third-order valence-electron chi connectivity index (χ3n) is 3.57. The molecule has 1 aliphatic heterocycles. The highest BCUT2D eigenvalue weighted by molar-refractivity contribution is 5.39. The van der Waals surface area contributed by atoms with Crippen LogP contribution in [0.5, 0.6) is 11.5 Å². The zero-order chi connectivity index (χ0) is 13.7. The van der Waals surface area contributed by atoms with Gasteiger partial charge in [0.1, 0.15) is 11.5 Å². The molecule has 2 atom stereocenters. The molecule has 4 nitrogen and oxygen atoms in total. The van der Waals surface area contributed by atoms with Crippen molar-refractivity contribution in [2.75, 3.05) is 33.9 Å². The molecule has 0 saturated carbocycles. The maximum atomic E-state index is 5.90. The van der Waals surface area contributed by atoms with Gasteiger partial charge in [-0.2, -0.15) is 0 Å². The van der Waals surface area contributed by atoms with Crippen molar-refractivity contribution in [3.63, 3.8) is 0 Å². The first-order valence-electron chi connectivity index (χ1n) is 6.83. The van der Waals surface area contributed by atoms with Crippen molar-refractivity contribution in [3.05, 3.63) is 23.8 Å². The van der Waals surface area contributed by atoms with Gasteiger partial charge < -0.3 is 19.5 Å². The van der Waals surface area contributed by atoms with E-state index in [2.05, 4.69) is 12.2 Å². The number of hydrogen-bond donors (Lipinski definition) is 1. The number of nitrogens with one attached hydrogen (secondary N) is 1. The molecular weight excluding hydrogens is 242 g/mol. The quantitative estimate of drug-likeness (QED) is 0.857. The van der Waals surface area contributed by atoms with Crippen LogP contribution < -0.4 is 14.8 Å². The fourth-order valence-corrected chi connectivity index (χ4v) is 2.53. The van der Waals surface area contributed by atoms with Crippen molar-refractivity contribution in [1.82, 2.24) is 5.32 Å². The Labute approximate surface area is 115 Å². The molecule has 2 unspecified atom stereocenters. The predicted molar refractivity (Wildman–Crippen MR) is 74.9 cm³/mol. The molecular formula is C15H23NO3. The van der Waals surface area contributed by atoms with Gasteiger partial charge >= 0.3 is 0 Å². The van der Waals surface area contributed by atoms with Gasteiger partial charge in [0.05, 0.1) is 20.3 Å². The van der Waals surface area contributed by atoms with Crippen LogP contribution in [0.4, 0.5) is 0 Å². The average Bonchev–Trinajstić information content (AvgIpc) is 2.92. The zero-order valence-electron chi connectivity index (χ0n) is 11.9. The van der Waals surface area contributed by atoms with Gasteiger partial charge in [-0.15, -0.1) is 0 Å². The van der Waals surface area contributed by atoms with Crippen molar-refractivity contribution in [3.8, 4) is 11.5 Å². The smallest absolute Gasteiger partial charge is 0.122 e. The first kappa shape index (κ1) is 14.2. The first-order chi connectivity index (χ1) is 9.28. The van der Waals surface area contributed by atoms with E-state index in [1.54, 1.807) is 14.2 Å².